The molecule has 1 aliphatic heterocycles. The number of hydrogen-bond acceptors (Lipinski definition) is 4. The minimum atomic E-state index is -0.681. The molecule has 0 bridgehead atoms. The maximum absolute atomic E-state index is 13.5. The van der Waals surface area contributed by atoms with E-state index in [4.69, 9.17) is 0 Å². The van der Waals surface area contributed by atoms with Crippen LogP contribution in [0.25, 0.3) is 0 Å². The lowest BCUT2D eigenvalue weighted by Gasteiger charge is -2.28. The van der Waals surface area contributed by atoms with E-state index in [1.165, 1.54) is 0 Å². The van der Waals surface area contributed by atoms with Crippen LogP contribution in [0.1, 0.15) is 49.9 Å². The average molecular weight is 483 g/mol. The first-order valence-corrected chi connectivity index (χ1v) is 12.8. The third kappa shape index (κ3) is 5.06. The highest BCUT2D eigenvalue weighted by atomic mass is 16.3. The Morgan fingerprint density at radius 1 is 0.861 bits per heavy atom. The fraction of sp³-hybridized carbons (Fsp3) is 0.290. The lowest BCUT2D eigenvalue weighted by atomic mass is 9.92. The second kappa shape index (κ2) is 11.3. The summed E-state index contributed by atoms with van der Waals surface area (Å²) in [5.41, 5.74) is 4.91. The number of amides is 1. The SMILES string of the molecule is CCc1ccc(N2C(=O)C(O)=C(C(=O)CCc3ccccc3)C2c2ccc(N(CC)CC)cc2)cc1. The number of nitrogens with zero attached hydrogens (tertiary/aromatic N) is 2. The molecule has 1 heterocycles. The van der Waals surface area contributed by atoms with Crippen LogP contribution in [0.5, 0.6) is 0 Å². The summed E-state index contributed by atoms with van der Waals surface area (Å²) in [7, 11) is 0. The predicted octanol–water partition coefficient (Wildman–Crippen LogP) is 6.20. The standard InChI is InChI=1S/C31H34N2O3/c1-4-22-12-17-26(18-13-22)33-29(24-15-19-25(20-16-24)32(5-2)6-3)28(30(35)31(33)36)27(34)21-14-23-10-8-7-9-11-23/h7-13,15-20,29,35H,4-6,14,21H2,1-3H3. The van der Waals surface area contributed by atoms with Gasteiger partial charge < -0.3 is 10.0 Å². The third-order valence-corrected chi connectivity index (χ3v) is 6.95. The highest BCUT2D eigenvalue weighted by molar-refractivity contribution is 6.16. The van der Waals surface area contributed by atoms with Crippen LogP contribution in [0.3, 0.4) is 0 Å². The van der Waals surface area contributed by atoms with Crippen LogP contribution in [0.2, 0.25) is 0 Å². The number of aliphatic hydroxyl groups excluding tert-OH is 1. The van der Waals surface area contributed by atoms with Crippen LogP contribution in [0.4, 0.5) is 11.4 Å². The number of carbonyl (C=O) groups is 2. The number of aryl methyl sites for hydroxylation is 2. The molecule has 0 fully saturated rings. The van der Waals surface area contributed by atoms with E-state index in [1.807, 2.05) is 78.9 Å². The number of anilines is 2. The summed E-state index contributed by atoms with van der Waals surface area (Å²) < 4.78 is 0. The van der Waals surface area contributed by atoms with Gasteiger partial charge in [-0.25, -0.2) is 0 Å². The molecule has 0 aliphatic carbocycles. The van der Waals surface area contributed by atoms with Crippen molar-refractivity contribution in [2.75, 3.05) is 22.9 Å². The van der Waals surface area contributed by atoms with Gasteiger partial charge in [-0.15, -0.1) is 0 Å². The van der Waals surface area contributed by atoms with E-state index in [-0.39, 0.29) is 17.8 Å². The van der Waals surface area contributed by atoms with Gasteiger partial charge in [0.2, 0.25) is 0 Å². The molecule has 36 heavy (non-hydrogen) atoms. The number of carbonyl (C=O) groups excluding carboxylic acids is 2. The van der Waals surface area contributed by atoms with Crippen LogP contribution in [-0.4, -0.2) is 29.9 Å². The minimum absolute atomic E-state index is 0.172. The molecule has 1 N–H and O–H groups in total. The zero-order valence-corrected chi connectivity index (χ0v) is 21.3. The molecule has 186 valence electrons. The molecule has 5 nitrogen and oxygen atoms in total. The van der Waals surface area contributed by atoms with Gasteiger partial charge in [0.1, 0.15) is 0 Å². The topological polar surface area (TPSA) is 60.9 Å². The van der Waals surface area contributed by atoms with E-state index in [9.17, 15) is 14.7 Å². The quantitative estimate of drug-likeness (QED) is 0.374. The summed E-state index contributed by atoms with van der Waals surface area (Å²) in [5.74, 6) is -1.21. The zero-order chi connectivity index (χ0) is 25.7. The highest BCUT2D eigenvalue weighted by Gasteiger charge is 2.44. The van der Waals surface area contributed by atoms with Crippen molar-refractivity contribution in [3.05, 3.63) is 107 Å². The van der Waals surface area contributed by atoms with Gasteiger partial charge in [-0.3, -0.25) is 14.5 Å². The lowest BCUT2D eigenvalue weighted by Crippen LogP contribution is -2.31. The number of hydrogen-bond donors (Lipinski definition) is 1. The summed E-state index contributed by atoms with van der Waals surface area (Å²) in [6.45, 7) is 8.07. The van der Waals surface area contributed by atoms with Crippen molar-refractivity contribution in [3.63, 3.8) is 0 Å². The fourth-order valence-corrected chi connectivity index (χ4v) is 4.86. The Kier molecular flexibility index (Phi) is 7.89. The van der Waals surface area contributed by atoms with Crippen LogP contribution < -0.4 is 9.80 Å². The molecule has 3 aromatic rings. The van der Waals surface area contributed by atoms with E-state index in [1.54, 1.807) is 4.90 Å². The first kappa shape index (κ1) is 25.2. The van der Waals surface area contributed by atoms with E-state index in [2.05, 4.69) is 25.7 Å². The summed E-state index contributed by atoms with van der Waals surface area (Å²) in [6.07, 6.45) is 1.65. The third-order valence-electron chi connectivity index (χ3n) is 6.95. The van der Waals surface area contributed by atoms with Gasteiger partial charge in [-0.05, 0) is 67.6 Å². The largest absolute Gasteiger partial charge is 0.503 e. The van der Waals surface area contributed by atoms with Gasteiger partial charge >= 0.3 is 0 Å². The number of Topliss-reactive ketones (excluding diaryl/α,β-unsaturated/α-hetero) is 1. The van der Waals surface area contributed by atoms with Crippen molar-refractivity contribution in [3.8, 4) is 0 Å². The van der Waals surface area contributed by atoms with E-state index < -0.39 is 17.7 Å². The van der Waals surface area contributed by atoms with Crippen molar-refractivity contribution >= 4 is 23.1 Å². The van der Waals surface area contributed by atoms with Crippen molar-refractivity contribution in [1.82, 2.24) is 0 Å². The number of benzene rings is 3. The number of rotatable bonds is 10. The van der Waals surface area contributed by atoms with Gasteiger partial charge in [0, 0.05) is 30.9 Å². The molecule has 0 saturated carbocycles. The Morgan fingerprint density at radius 2 is 1.50 bits per heavy atom. The fourth-order valence-electron chi connectivity index (χ4n) is 4.86. The summed E-state index contributed by atoms with van der Waals surface area (Å²) in [4.78, 5) is 30.6. The van der Waals surface area contributed by atoms with E-state index in [0.717, 1.165) is 41.9 Å². The summed E-state index contributed by atoms with van der Waals surface area (Å²) in [6, 6.07) is 24.8. The van der Waals surface area contributed by atoms with Gasteiger partial charge in [0.25, 0.3) is 5.91 Å². The minimum Gasteiger partial charge on any atom is -0.503 e. The maximum Gasteiger partial charge on any atom is 0.294 e. The normalized spacial score (nSPS) is 15.5. The highest BCUT2D eigenvalue weighted by Crippen LogP contribution is 2.42. The molecule has 1 aliphatic rings. The van der Waals surface area contributed by atoms with E-state index >= 15 is 0 Å². The second-order valence-electron chi connectivity index (χ2n) is 9.03. The van der Waals surface area contributed by atoms with Crippen molar-refractivity contribution in [2.45, 2.75) is 46.1 Å². The Morgan fingerprint density at radius 3 is 2.08 bits per heavy atom. The van der Waals surface area contributed by atoms with Crippen LogP contribution in [0, 0.1) is 0 Å². The molecule has 1 unspecified atom stereocenters. The molecule has 1 atom stereocenters. The Bertz CT molecular complexity index is 1230. The molecular formula is C31H34N2O3. The molecular weight excluding hydrogens is 448 g/mol. The number of aliphatic hydroxyl groups is 1. The van der Waals surface area contributed by atoms with Crippen molar-refractivity contribution < 1.29 is 14.7 Å². The Hall–Kier alpha value is -3.86. The zero-order valence-electron chi connectivity index (χ0n) is 21.3. The van der Waals surface area contributed by atoms with Crippen LogP contribution >= 0.6 is 0 Å². The Balaban J connectivity index is 1.72. The van der Waals surface area contributed by atoms with Gasteiger partial charge in [0.15, 0.2) is 11.5 Å². The first-order valence-electron chi connectivity index (χ1n) is 12.8. The molecule has 4 rings (SSSR count). The van der Waals surface area contributed by atoms with E-state index in [0.29, 0.717) is 12.1 Å². The monoisotopic (exact) mass is 482 g/mol. The molecule has 3 aromatic carbocycles. The lowest BCUT2D eigenvalue weighted by molar-refractivity contribution is -0.118. The van der Waals surface area contributed by atoms with Crippen molar-refractivity contribution in [2.24, 2.45) is 0 Å². The van der Waals surface area contributed by atoms with Crippen LogP contribution in [0.15, 0.2) is 90.2 Å². The van der Waals surface area contributed by atoms with Crippen LogP contribution in [-0.2, 0) is 22.4 Å². The molecule has 5 heteroatoms. The average Bonchev–Trinajstić information content (AvgIpc) is 3.19. The summed E-state index contributed by atoms with van der Waals surface area (Å²) >= 11 is 0. The molecule has 0 radical (unpaired) electrons. The number of ketones is 1. The van der Waals surface area contributed by atoms with Crippen molar-refractivity contribution in [1.29, 1.82) is 0 Å². The van der Waals surface area contributed by atoms with Gasteiger partial charge in [-0.1, -0.05) is 61.5 Å². The predicted molar refractivity (Wildman–Crippen MR) is 145 cm³/mol. The molecule has 0 aromatic heterocycles. The Labute approximate surface area is 213 Å². The van der Waals surface area contributed by atoms with Gasteiger partial charge in [-0.2, -0.15) is 0 Å². The second-order valence-corrected chi connectivity index (χ2v) is 9.03. The molecule has 0 spiro atoms. The molecule has 1 amide bonds. The smallest absolute Gasteiger partial charge is 0.294 e. The first-order chi connectivity index (χ1) is 17.5. The summed E-state index contributed by atoms with van der Waals surface area (Å²) in [5, 5.41) is 11.0. The maximum atomic E-state index is 13.5. The molecule has 0 saturated heterocycles. The van der Waals surface area contributed by atoms with Gasteiger partial charge in [0.05, 0.1) is 11.6 Å².